The highest BCUT2D eigenvalue weighted by atomic mass is 19.2. The predicted molar refractivity (Wildman–Crippen MR) is 202 cm³/mol. The Balaban J connectivity index is 1.69. The Morgan fingerprint density at radius 3 is 2.35 bits per heavy atom. The molecule has 52 heavy (non-hydrogen) atoms. The molecule has 2 aromatic carbocycles. The molecular formula is C42H51F2N3O5. The Bertz CT molecular complexity index is 1960. The Kier molecular flexibility index (Phi) is 11.6. The number of esters is 1. The summed E-state index contributed by atoms with van der Waals surface area (Å²) in [5.74, 6) is -1.41. The molecule has 1 aliphatic heterocycles. The molecule has 1 saturated heterocycles. The highest BCUT2D eigenvalue weighted by Crippen LogP contribution is 2.42. The number of halogens is 2. The molecule has 5 rings (SSSR count). The molecule has 0 bridgehead atoms. The van der Waals surface area contributed by atoms with Crippen LogP contribution in [-0.2, 0) is 19.0 Å². The van der Waals surface area contributed by atoms with E-state index in [-0.39, 0.29) is 17.5 Å². The minimum Gasteiger partial charge on any atom is -0.490 e. The highest BCUT2D eigenvalue weighted by Gasteiger charge is 2.38. The molecule has 1 fully saturated rings. The van der Waals surface area contributed by atoms with E-state index in [1.165, 1.54) is 7.11 Å². The highest BCUT2D eigenvalue weighted by molar-refractivity contribution is 5.82. The number of hydrogen-bond donors (Lipinski definition) is 0. The van der Waals surface area contributed by atoms with E-state index in [0.717, 1.165) is 58.7 Å². The van der Waals surface area contributed by atoms with E-state index in [9.17, 15) is 13.6 Å². The van der Waals surface area contributed by atoms with Crippen LogP contribution in [0.4, 0.5) is 14.6 Å². The standard InChI is InChI=1S/C42H51F2N3O5/c1-11-14-26(3)51-35-24-33(44)32(43)23-31(35)29-15-13-16-30(22-29)34-25-47-38(45-34)28(5)27(4)36(37(40(48)49-10)52-41(6,7)8)39(47)46-19-17-42(9,18-20-46)50-21-12-2/h11-13,15-16,22-26,37H,1-2,14,17-21H2,3-10H3/t26-,37?/m0/s1. The fraction of sp³-hybridized carbons (Fsp3) is 0.429. The van der Waals surface area contributed by atoms with Crippen LogP contribution in [-0.4, -0.2) is 59.5 Å². The minimum atomic E-state index is -1.00. The summed E-state index contributed by atoms with van der Waals surface area (Å²) in [4.78, 5) is 20.9. The number of fused-ring (bicyclic) bond motifs is 1. The second-order valence-corrected chi connectivity index (χ2v) is 14.8. The molecule has 1 unspecified atom stereocenters. The second kappa shape index (κ2) is 15.6. The van der Waals surface area contributed by atoms with E-state index < -0.39 is 29.3 Å². The summed E-state index contributed by atoms with van der Waals surface area (Å²) in [6.45, 7) is 23.1. The molecule has 0 N–H and O–H groups in total. The topological polar surface area (TPSA) is 74.5 Å². The number of nitrogens with zero attached hydrogens (tertiary/aromatic N) is 3. The third-order valence-corrected chi connectivity index (χ3v) is 9.61. The average molecular weight is 716 g/mol. The molecule has 0 amide bonds. The number of imidazole rings is 1. The number of methoxy groups -OCH3 is 1. The third kappa shape index (κ3) is 8.24. The van der Waals surface area contributed by atoms with Crippen LogP contribution in [0.15, 0.2) is 67.9 Å². The van der Waals surface area contributed by atoms with Gasteiger partial charge >= 0.3 is 5.97 Å². The summed E-state index contributed by atoms with van der Waals surface area (Å²) in [6, 6.07) is 9.77. The van der Waals surface area contributed by atoms with Gasteiger partial charge in [0.05, 0.1) is 36.7 Å². The number of hydrogen-bond acceptors (Lipinski definition) is 7. The number of carbonyl (C=O) groups excluding carboxylic acids is 1. The van der Waals surface area contributed by atoms with Crippen molar-refractivity contribution in [3.8, 4) is 28.1 Å². The van der Waals surface area contributed by atoms with Crippen LogP contribution in [0.5, 0.6) is 5.75 Å². The van der Waals surface area contributed by atoms with E-state index in [1.54, 1.807) is 12.2 Å². The molecule has 8 nitrogen and oxygen atoms in total. The number of ether oxygens (including phenoxy) is 4. The van der Waals surface area contributed by atoms with Gasteiger partial charge in [0.2, 0.25) is 0 Å². The number of aryl methyl sites for hydroxylation is 1. The Morgan fingerprint density at radius 2 is 1.71 bits per heavy atom. The fourth-order valence-electron chi connectivity index (χ4n) is 6.73. The van der Waals surface area contributed by atoms with E-state index in [2.05, 4.69) is 25.0 Å². The zero-order chi connectivity index (χ0) is 38.0. The van der Waals surface area contributed by atoms with Crippen molar-refractivity contribution in [2.45, 2.75) is 91.1 Å². The first-order valence-corrected chi connectivity index (χ1v) is 17.7. The number of rotatable bonds is 13. The molecule has 3 heterocycles. The van der Waals surface area contributed by atoms with Gasteiger partial charge in [-0.05, 0) is 90.1 Å². The lowest BCUT2D eigenvalue weighted by Gasteiger charge is -2.41. The van der Waals surface area contributed by atoms with E-state index >= 15 is 0 Å². The van der Waals surface area contributed by atoms with Gasteiger partial charge in [-0.3, -0.25) is 4.40 Å². The van der Waals surface area contributed by atoms with Crippen molar-refractivity contribution in [1.82, 2.24) is 9.38 Å². The van der Waals surface area contributed by atoms with Gasteiger partial charge in [-0.2, -0.15) is 0 Å². The summed E-state index contributed by atoms with van der Waals surface area (Å²) in [5, 5.41) is 0. The lowest BCUT2D eigenvalue weighted by atomic mass is 9.92. The lowest BCUT2D eigenvalue weighted by Crippen LogP contribution is -2.45. The number of anilines is 1. The zero-order valence-corrected chi connectivity index (χ0v) is 31.6. The van der Waals surface area contributed by atoms with Crippen LogP contribution < -0.4 is 9.64 Å². The second-order valence-electron chi connectivity index (χ2n) is 14.8. The molecule has 2 atom stereocenters. The van der Waals surface area contributed by atoms with Gasteiger partial charge in [0.25, 0.3) is 0 Å². The molecule has 0 spiro atoms. The Morgan fingerprint density at radius 1 is 1.04 bits per heavy atom. The van der Waals surface area contributed by atoms with Crippen molar-refractivity contribution in [3.05, 3.63) is 96.2 Å². The maximum absolute atomic E-state index is 14.7. The number of carbonyl (C=O) groups is 1. The zero-order valence-electron chi connectivity index (χ0n) is 31.6. The Labute approximate surface area is 306 Å². The normalized spacial score (nSPS) is 15.7. The number of piperidine rings is 1. The van der Waals surface area contributed by atoms with Crippen LogP contribution in [0.3, 0.4) is 0 Å². The summed E-state index contributed by atoms with van der Waals surface area (Å²) in [5.41, 5.74) is 4.72. The van der Waals surface area contributed by atoms with E-state index in [1.807, 2.05) is 76.4 Å². The first kappa shape index (κ1) is 38.7. The van der Waals surface area contributed by atoms with Crippen molar-refractivity contribution in [2.75, 3.05) is 31.7 Å². The number of aromatic nitrogens is 2. The molecule has 4 aromatic rings. The lowest BCUT2D eigenvalue weighted by molar-refractivity contribution is -0.164. The van der Waals surface area contributed by atoms with Crippen LogP contribution >= 0.6 is 0 Å². The molecule has 0 aliphatic carbocycles. The van der Waals surface area contributed by atoms with Crippen LogP contribution in [0.2, 0.25) is 0 Å². The first-order valence-electron chi connectivity index (χ1n) is 17.7. The fourth-order valence-corrected chi connectivity index (χ4v) is 6.73. The van der Waals surface area contributed by atoms with Gasteiger partial charge in [0.1, 0.15) is 17.2 Å². The van der Waals surface area contributed by atoms with Gasteiger partial charge in [-0.25, -0.2) is 18.6 Å². The molecule has 278 valence electrons. The van der Waals surface area contributed by atoms with Crippen molar-refractivity contribution in [3.63, 3.8) is 0 Å². The van der Waals surface area contributed by atoms with Crippen molar-refractivity contribution in [1.29, 1.82) is 0 Å². The quantitative estimate of drug-likeness (QED) is 0.101. The SMILES string of the molecule is C=CCOC1(C)CCN(c2c(C(OC(C)(C)C)C(=O)OC)c(C)c(C)c3nc(-c4cccc(-c5cc(F)c(F)cc5O[C@@H](C)CC=C)c4)cn23)CC1. The molecule has 2 aromatic heterocycles. The predicted octanol–water partition coefficient (Wildman–Crippen LogP) is 9.50. The van der Waals surface area contributed by atoms with Crippen LogP contribution in [0, 0.1) is 25.5 Å². The third-order valence-electron chi connectivity index (χ3n) is 9.61. The van der Waals surface area contributed by atoms with Crippen molar-refractivity contribution < 1.29 is 32.5 Å². The summed E-state index contributed by atoms with van der Waals surface area (Å²) >= 11 is 0. The monoisotopic (exact) mass is 715 g/mol. The minimum absolute atomic E-state index is 0.237. The molecule has 0 radical (unpaired) electrons. The van der Waals surface area contributed by atoms with Gasteiger partial charge < -0.3 is 23.8 Å². The van der Waals surface area contributed by atoms with Crippen LogP contribution in [0.25, 0.3) is 28.0 Å². The smallest absolute Gasteiger partial charge is 0.339 e. The van der Waals surface area contributed by atoms with Gasteiger partial charge in [0, 0.05) is 48.5 Å². The van der Waals surface area contributed by atoms with Crippen molar-refractivity contribution >= 4 is 17.4 Å². The van der Waals surface area contributed by atoms with E-state index in [0.29, 0.717) is 42.9 Å². The molecule has 10 heteroatoms. The van der Waals surface area contributed by atoms with E-state index in [4.69, 9.17) is 23.9 Å². The largest absolute Gasteiger partial charge is 0.490 e. The molecule has 0 saturated carbocycles. The summed E-state index contributed by atoms with van der Waals surface area (Å²) in [7, 11) is 1.37. The molecular weight excluding hydrogens is 664 g/mol. The maximum Gasteiger partial charge on any atom is 0.339 e. The first-order chi connectivity index (χ1) is 24.6. The van der Waals surface area contributed by atoms with Gasteiger partial charge in [0.15, 0.2) is 17.7 Å². The average Bonchev–Trinajstić information content (AvgIpc) is 3.55. The van der Waals surface area contributed by atoms with Gasteiger partial charge in [-0.1, -0.05) is 30.4 Å². The summed E-state index contributed by atoms with van der Waals surface area (Å²) < 4.78 is 55.2. The summed E-state index contributed by atoms with van der Waals surface area (Å²) in [6.07, 6.45) is 6.20. The maximum atomic E-state index is 14.7. The number of benzene rings is 2. The van der Waals surface area contributed by atoms with Gasteiger partial charge in [-0.15, -0.1) is 13.2 Å². The van der Waals surface area contributed by atoms with Crippen molar-refractivity contribution in [2.24, 2.45) is 0 Å². The molecule has 1 aliphatic rings. The Hall–Kier alpha value is -4.54. The van der Waals surface area contributed by atoms with Crippen LogP contribution in [0.1, 0.15) is 76.7 Å². The number of pyridine rings is 1.